The lowest BCUT2D eigenvalue weighted by atomic mass is 9.90. The first kappa shape index (κ1) is 49.7. The molecule has 3 aromatic carbocycles. The van der Waals surface area contributed by atoms with Crippen molar-refractivity contribution in [1.82, 2.24) is 26.2 Å². The number of amides is 4. The molecule has 1 unspecified atom stereocenters. The second-order valence-corrected chi connectivity index (χ2v) is 18.4. The van der Waals surface area contributed by atoms with Crippen LogP contribution in [0.15, 0.2) is 95.9 Å². The summed E-state index contributed by atoms with van der Waals surface area (Å²) >= 11 is 0. The minimum absolute atomic E-state index is 0.00939. The van der Waals surface area contributed by atoms with E-state index in [1.807, 2.05) is 62.9 Å². The van der Waals surface area contributed by atoms with Crippen LogP contribution in [0.25, 0.3) is 0 Å². The van der Waals surface area contributed by atoms with Gasteiger partial charge in [-0.05, 0) is 67.7 Å². The van der Waals surface area contributed by atoms with Gasteiger partial charge >= 0.3 is 0 Å². The van der Waals surface area contributed by atoms with E-state index in [1.165, 1.54) is 24.3 Å². The van der Waals surface area contributed by atoms with Crippen LogP contribution in [0.5, 0.6) is 0 Å². The molecule has 4 amide bonds. The fourth-order valence-corrected chi connectivity index (χ4v) is 8.01. The summed E-state index contributed by atoms with van der Waals surface area (Å²) in [6.45, 7) is 9.89. The van der Waals surface area contributed by atoms with Gasteiger partial charge in [0.1, 0.15) is 30.3 Å². The Hall–Kier alpha value is -5.00. The van der Waals surface area contributed by atoms with Gasteiger partial charge in [0.25, 0.3) is 10.1 Å². The fraction of sp³-hybridized carbons (Fsp3) is 0.500. The highest BCUT2D eigenvalue weighted by atomic mass is 32.2. The molecule has 1 aliphatic rings. The van der Waals surface area contributed by atoms with Crippen molar-refractivity contribution in [3.63, 3.8) is 0 Å². The van der Waals surface area contributed by atoms with Gasteiger partial charge in [0, 0.05) is 19.5 Å². The Morgan fingerprint density at radius 3 is 1.76 bits per heavy atom. The number of Topliss-reactive ketones (excluding diaryl/α,β-unsaturated/α-hetero) is 1. The Bertz CT molecular complexity index is 2010. The SMILES string of the molecule is CC(C)CC(NC(=O)[C@H](Cc1ccccc1)NC(=O)[C@H](CC(C)C)NC(=O)[C@H](CCc1ccccc1)NC(=O)CN1CCOCC1)C(=O)[C@](C)(O)COS(=O)(=O)c1ccccc1. The predicted octanol–water partition coefficient (Wildman–Crippen LogP) is 2.95. The van der Waals surface area contributed by atoms with E-state index in [0.717, 1.165) is 12.5 Å². The normalized spacial score (nSPS) is 16.3. The molecule has 5 atom stereocenters. The van der Waals surface area contributed by atoms with Crippen LogP contribution in [-0.4, -0.2) is 117 Å². The summed E-state index contributed by atoms with van der Waals surface area (Å²) in [6, 6.07) is 21.1. The van der Waals surface area contributed by atoms with Crippen LogP contribution in [0.2, 0.25) is 0 Å². The number of benzene rings is 3. The van der Waals surface area contributed by atoms with Gasteiger partial charge in [-0.3, -0.25) is 33.1 Å². The van der Waals surface area contributed by atoms with Gasteiger partial charge in [0.15, 0.2) is 5.78 Å². The lowest BCUT2D eigenvalue weighted by Gasteiger charge is -2.30. The number of carbonyl (C=O) groups excluding carboxylic acids is 5. The molecular weight excluding hydrogens is 815 g/mol. The van der Waals surface area contributed by atoms with E-state index in [2.05, 4.69) is 21.3 Å². The third-order valence-electron chi connectivity index (χ3n) is 10.3. The smallest absolute Gasteiger partial charge is 0.297 e. The maximum Gasteiger partial charge on any atom is 0.297 e. The number of morpholine rings is 1. The Morgan fingerprint density at radius 1 is 0.694 bits per heavy atom. The van der Waals surface area contributed by atoms with Gasteiger partial charge in [-0.1, -0.05) is 107 Å². The number of hydrogen-bond acceptors (Lipinski definition) is 11. The zero-order chi connectivity index (χ0) is 45.3. The molecule has 0 saturated carbocycles. The van der Waals surface area contributed by atoms with E-state index in [-0.39, 0.29) is 54.9 Å². The molecule has 4 rings (SSSR count). The molecule has 0 bridgehead atoms. The fourth-order valence-electron chi connectivity index (χ4n) is 7.00. The van der Waals surface area contributed by atoms with Crippen molar-refractivity contribution in [2.45, 2.75) is 101 Å². The Morgan fingerprint density at radius 2 is 1.18 bits per heavy atom. The second-order valence-electron chi connectivity index (χ2n) is 16.8. The number of nitrogens with one attached hydrogen (secondary N) is 4. The molecule has 15 nitrogen and oxygen atoms in total. The second kappa shape index (κ2) is 24.0. The average Bonchev–Trinajstić information content (AvgIpc) is 3.24. The summed E-state index contributed by atoms with van der Waals surface area (Å²) in [5, 5.41) is 22.6. The number of aryl methyl sites for hydroxylation is 1. The number of carbonyl (C=O) groups is 5. The highest BCUT2D eigenvalue weighted by Crippen LogP contribution is 2.19. The Labute approximate surface area is 365 Å². The van der Waals surface area contributed by atoms with Crippen LogP contribution in [0.1, 0.15) is 65.0 Å². The summed E-state index contributed by atoms with van der Waals surface area (Å²) < 4.78 is 36.2. The van der Waals surface area contributed by atoms with Crippen molar-refractivity contribution in [3.05, 3.63) is 102 Å². The first-order chi connectivity index (χ1) is 29.4. The van der Waals surface area contributed by atoms with Gasteiger partial charge in [-0.15, -0.1) is 0 Å². The van der Waals surface area contributed by atoms with Crippen molar-refractivity contribution in [2.24, 2.45) is 11.8 Å². The van der Waals surface area contributed by atoms with Crippen LogP contribution < -0.4 is 21.3 Å². The minimum atomic E-state index is -4.32. The van der Waals surface area contributed by atoms with Gasteiger partial charge in [-0.2, -0.15) is 8.42 Å². The number of nitrogens with zero attached hydrogens (tertiary/aromatic N) is 1. The molecule has 1 saturated heterocycles. The van der Waals surface area contributed by atoms with Crippen molar-refractivity contribution in [3.8, 4) is 0 Å². The summed E-state index contributed by atoms with van der Waals surface area (Å²) in [6.07, 6.45) is 1.03. The number of ether oxygens (including phenoxy) is 1. The summed E-state index contributed by atoms with van der Waals surface area (Å²) in [7, 11) is -4.32. The number of rotatable bonds is 24. The minimum Gasteiger partial charge on any atom is -0.380 e. The first-order valence-electron chi connectivity index (χ1n) is 21.2. The van der Waals surface area contributed by atoms with Crippen LogP contribution in [0.3, 0.4) is 0 Å². The molecule has 1 heterocycles. The van der Waals surface area contributed by atoms with Crippen LogP contribution in [-0.2, 0) is 55.9 Å². The lowest BCUT2D eigenvalue weighted by Crippen LogP contribution is -2.60. The first-order valence-corrected chi connectivity index (χ1v) is 22.6. The summed E-state index contributed by atoms with van der Waals surface area (Å²) in [4.78, 5) is 71.6. The Kier molecular flexibility index (Phi) is 19.2. The monoisotopic (exact) mass is 877 g/mol. The predicted molar refractivity (Wildman–Crippen MR) is 234 cm³/mol. The quantitative estimate of drug-likeness (QED) is 0.0827. The third-order valence-corrected chi connectivity index (χ3v) is 11.6. The van der Waals surface area contributed by atoms with Gasteiger partial charge in [0.05, 0.1) is 30.7 Å². The van der Waals surface area contributed by atoms with Gasteiger partial charge in [0.2, 0.25) is 23.6 Å². The van der Waals surface area contributed by atoms with E-state index in [4.69, 9.17) is 8.92 Å². The molecule has 0 aromatic heterocycles. The standard InChI is InChI=1S/C46H63N5O10S/c1-32(2)27-38(42(53)46(5,57)31-61-62(58,59)36-19-13-8-14-20-36)48-45(56)40(29-35-17-11-7-12-18-35)50-44(55)39(28-33(3)4)49-43(54)37(22-21-34-15-9-6-10-16-34)47-41(52)30-51-23-25-60-26-24-51/h6-20,32-33,37-40,57H,21-31H2,1-5H3,(H,47,52)(H,48,56)(H,49,54)(H,50,55)/t37-,38?,39-,40-,46+/m0/s1. The average molecular weight is 878 g/mol. The molecule has 3 aromatic rings. The largest absolute Gasteiger partial charge is 0.380 e. The molecule has 0 radical (unpaired) electrons. The van der Waals surface area contributed by atoms with Crippen LogP contribution in [0.4, 0.5) is 0 Å². The zero-order valence-electron chi connectivity index (χ0n) is 36.4. The highest BCUT2D eigenvalue weighted by Gasteiger charge is 2.40. The van der Waals surface area contributed by atoms with E-state index >= 15 is 0 Å². The molecular formula is C46H63N5O10S. The van der Waals surface area contributed by atoms with E-state index in [9.17, 15) is 37.5 Å². The molecule has 16 heteroatoms. The zero-order valence-corrected chi connectivity index (χ0v) is 37.2. The molecule has 5 N–H and O–H groups in total. The van der Waals surface area contributed by atoms with E-state index in [1.54, 1.807) is 36.4 Å². The van der Waals surface area contributed by atoms with E-state index in [0.29, 0.717) is 38.3 Å². The summed E-state index contributed by atoms with van der Waals surface area (Å²) in [5.74, 6) is -3.39. The maximum absolute atomic E-state index is 14.3. The highest BCUT2D eigenvalue weighted by molar-refractivity contribution is 7.86. The van der Waals surface area contributed by atoms with Crippen molar-refractivity contribution in [2.75, 3.05) is 39.5 Å². The maximum atomic E-state index is 14.3. The van der Waals surface area contributed by atoms with Crippen molar-refractivity contribution >= 4 is 39.5 Å². The third kappa shape index (κ3) is 16.4. The van der Waals surface area contributed by atoms with Crippen molar-refractivity contribution in [1.29, 1.82) is 0 Å². The van der Waals surface area contributed by atoms with Gasteiger partial charge in [-0.25, -0.2) is 0 Å². The molecule has 338 valence electrons. The molecule has 0 aliphatic carbocycles. The lowest BCUT2D eigenvalue weighted by molar-refractivity contribution is -0.143. The van der Waals surface area contributed by atoms with Crippen LogP contribution >= 0.6 is 0 Å². The number of hydrogen-bond donors (Lipinski definition) is 5. The summed E-state index contributed by atoms with van der Waals surface area (Å²) in [5.41, 5.74) is -0.673. The van der Waals surface area contributed by atoms with Crippen LogP contribution in [0, 0.1) is 11.8 Å². The molecule has 1 aliphatic heterocycles. The number of ketones is 1. The molecule has 0 spiro atoms. The topological polar surface area (TPSA) is 210 Å². The molecule has 62 heavy (non-hydrogen) atoms. The van der Waals surface area contributed by atoms with E-state index < -0.39 is 70.0 Å². The van der Waals surface area contributed by atoms with Gasteiger partial charge < -0.3 is 31.1 Å². The number of aliphatic hydroxyl groups is 1. The Balaban J connectivity index is 1.54. The van der Waals surface area contributed by atoms with Crippen molar-refractivity contribution < 1.29 is 46.4 Å². The molecule has 1 fully saturated rings.